The van der Waals surface area contributed by atoms with Crippen molar-refractivity contribution in [2.24, 2.45) is 5.73 Å². The molecule has 2 rings (SSSR count). The van der Waals surface area contributed by atoms with Gasteiger partial charge in [0, 0.05) is 16.9 Å². The first kappa shape index (κ1) is 13.1. The molecule has 0 atom stereocenters. The van der Waals surface area contributed by atoms with Gasteiger partial charge < -0.3 is 10.5 Å². The molecule has 1 aromatic heterocycles. The molecular formula is C14H15BrN2O. The molecular weight excluding hydrogens is 292 g/mol. The Balaban J connectivity index is 2.03. The molecule has 18 heavy (non-hydrogen) atoms. The minimum absolute atomic E-state index is 0.548. The lowest BCUT2D eigenvalue weighted by atomic mass is 10.1. The maximum atomic E-state index is 5.74. The molecule has 0 amide bonds. The molecule has 1 aromatic carbocycles. The van der Waals surface area contributed by atoms with E-state index >= 15 is 0 Å². The van der Waals surface area contributed by atoms with E-state index in [0.717, 1.165) is 22.2 Å². The van der Waals surface area contributed by atoms with Crippen molar-refractivity contribution >= 4 is 15.9 Å². The first-order valence-electron chi connectivity index (χ1n) is 5.80. The molecule has 94 valence electrons. The number of nitrogens with zero attached hydrogens (tertiary/aromatic N) is 1. The fraction of sp³-hybridized carbons (Fsp3) is 0.214. The van der Waals surface area contributed by atoms with Crippen molar-refractivity contribution in [2.45, 2.75) is 13.0 Å². The molecule has 2 N–H and O–H groups in total. The van der Waals surface area contributed by atoms with Crippen LogP contribution in [0.25, 0.3) is 0 Å². The van der Waals surface area contributed by atoms with E-state index in [9.17, 15) is 0 Å². The Bertz CT molecular complexity index is 502. The summed E-state index contributed by atoms with van der Waals surface area (Å²) >= 11 is 3.51. The van der Waals surface area contributed by atoms with Crippen LogP contribution in [0.3, 0.4) is 0 Å². The topological polar surface area (TPSA) is 48.1 Å². The third kappa shape index (κ3) is 3.55. The number of halogens is 1. The van der Waals surface area contributed by atoms with Crippen molar-refractivity contribution in [1.82, 2.24) is 4.98 Å². The fourth-order valence-corrected chi connectivity index (χ4v) is 2.08. The number of hydrogen-bond acceptors (Lipinski definition) is 3. The van der Waals surface area contributed by atoms with Gasteiger partial charge in [-0.3, -0.25) is 4.98 Å². The number of nitrogens with two attached hydrogens (primary N) is 1. The van der Waals surface area contributed by atoms with Gasteiger partial charge in [0.2, 0.25) is 0 Å². The zero-order chi connectivity index (χ0) is 12.8. The SMILES string of the molecule is NCCc1cc(OCc2ccncc2)ccc1Br. The first-order valence-corrected chi connectivity index (χ1v) is 6.59. The normalized spacial score (nSPS) is 10.3. The molecule has 0 unspecified atom stereocenters. The van der Waals surface area contributed by atoms with E-state index in [0.29, 0.717) is 13.2 Å². The second-order valence-electron chi connectivity index (χ2n) is 3.94. The van der Waals surface area contributed by atoms with Gasteiger partial charge in [0.1, 0.15) is 12.4 Å². The van der Waals surface area contributed by atoms with E-state index in [1.807, 2.05) is 30.3 Å². The van der Waals surface area contributed by atoms with Crippen molar-refractivity contribution < 1.29 is 4.74 Å². The molecule has 0 aliphatic rings. The standard InChI is InChI=1S/C14H15BrN2O/c15-14-2-1-13(9-12(14)3-6-16)18-10-11-4-7-17-8-5-11/h1-2,4-5,7-9H,3,6,10,16H2. The van der Waals surface area contributed by atoms with E-state index in [1.165, 1.54) is 5.56 Å². The molecule has 0 bridgehead atoms. The number of rotatable bonds is 5. The van der Waals surface area contributed by atoms with Crippen molar-refractivity contribution in [3.63, 3.8) is 0 Å². The van der Waals surface area contributed by atoms with Gasteiger partial charge in [-0.05, 0) is 54.4 Å². The predicted molar refractivity (Wildman–Crippen MR) is 75.5 cm³/mol. The van der Waals surface area contributed by atoms with Crippen LogP contribution in [-0.4, -0.2) is 11.5 Å². The van der Waals surface area contributed by atoms with Crippen LogP contribution < -0.4 is 10.5 Å². The van der Waals surface area contributed by atoms with Gasteiger partial charge in [-0.2, -0.15) is 0 Å². The summed E-state index contributed by atoms with van der Waals surface area (Å²) in [6.45, 7) is 1.18. The van der Waals surface area contributed by atoms with Gasteiger partial charge in [0.15, 0.2) is 0 Å². The van der Waals surface area contributed by atoms with Gasteiger partial charge in [-0.1, -0.05) is 15.9 Å². The van der Waals surface area contributed by atoms with E-state index in [-0.39, 0.29) is 0 Å². The third-order valence-electron chi connectivity index (χ3n) is 2.59. The quantitative estimate of drug-likeness (QED) is 0.924. The third-order valence-corrected chi connectivity index (χ3v) is 3.36. The summed E-state index contributed by atoms with van der Waals surface area (Å²) < 4.78 is 6.82. The maximum Gasteiger partial charge on any atom is 0.120 e. The second kappa shape index (κ2) is 6.52. The Morgan fingerprint density at radius 2 is 1.94 bits per heavy atom. The van der Waals surface area contributed by atoms with Crippen molar-refractivity contribution in [1.29, 1.82) is 0 Å². The summed E-state index contributed by atoms with van der Waals surface area (Å²) in [5.41, 5.74) is 7.85. The van der Waals surface area contributed by atoms with Crippen LogP contribution in [0.2, 0.25) is 0 Å². The van der Waals surface area contributed by atoms with Crippen LogP contribution in [0.1, 0.15) is 11.1 Å². The molecule has 4 heteroatoms. The highest BCUT2D eigenvalue weighted by atomic mass is 79.9. The van der Waals surface area contributed by atoms with Crippen molar-refractivity contribution in [3.05, 3.63) is 58.3 Å². The highest BCUT2D eigenvalue weighted by Gasteiger charge is 2.02. The summed E-state index contributed by atoms with van der Waals surface area (Å²) in [4.78, 5) is 3.97. The predicted octanol–water partition coefficient (Wildman–Crippen LogP) is 2.92. The largest absolute Gasteiger partial charge is 0.489 e. The molecule has 0 aliphatic heterocycles. The Morgan fingerprint density at radius 3 is 2.67 bits per heavy atom. The summed E-state index contributed by atoms with van der Waals surface area (Å²) in [7, 11) is 0. The minimum atomic E-state index is 0.548. The van der Waals surface area contributed by atoms with Crippen molar-refractivity contribution in [2.75, 3.05) is 6.54 Å². The van der Waals surface area contributed by atoms with Crippen LogP contribution in [0.4, 0.5) is 0 Å². The van der Waals surface area contributed by atoms with E-state index < -0.39 is 0 Å². The molecule has 0 spiro atoms. The number of pyridine rings is 1. The molecule has 0 saturated heterocycles. The van der Waals surface area contributed by atoms with Gasteiger partial charge in [0.25, 0.3) is 0 Å². The van der Waals surface area contributed by atoms with E-state index in [1.54, 1.807) is 12.4 Å². The highest BCUT2D eigenvalue weighted by Crippen LogP contribution is 2.23. The van der Waals surface area contributed by atoms with E-state index in [4.69, 9.17) is 10.5 Å². The van der Waals surface area contributed by atoms with Gasteiger partial charge in [0.05, 0.1) is 0 Å². The lowest BCUT2D eigenvalue weighted by Crippen LogP contribution is -2.04. The number of aromatic nitrogens is 1. The fourth-order valence-electron chi connectivity index (χ4n) is 1.63. The van der Waals surface area contributed by atoms with Gasteiger partial charge >= 0.3 is 0 Å². The van der Waals surface area contributed by atoms with Crippen LogP contribution in [0.15, 0.2) is 47.2 Å². The maximum absolute atomic E-state index is 5.74. The Morgan fingerprint density at radius 1 is 1.17 bits per heavy atom. The number of benzene rings is 1. The molecule has 0 fully saturated rings. The van der Waals surface area contributed by atoms with E-state index in [2.05, 4.69) is 20.9 Å². The zero-order valence-electron chi connectivity index (χ0n) is 9.97. The number of hydrogen-bond donors (Lipinski definition) is 1. The molecule has 1 heterocycles. The monoisotopic (exact) mass is 306 g/mol. The summed E-state index contributed by atoms with van der Waals surface area (Å²) in [6.07, 6.45) is 4.37. The number of ether oxygens (including phenoxy) is 1. The molecule has 0 saturated carbocycles. The summed E-state index contributed by atoms with van der Waals surface area (Å²) in [6, 6.07) is 9.86. The highest BCUT2D eigenvalue weighted by molar-refractivity contribution is 9.10. The second-order valence-corrected chi connectivity index (χ2v) is 4.79. The average molecular weight is 307 g/mol. The molecule has 0 radical (unpaired) electrons. The molecule has 2 aromatic rings. The Kier molecular flexibility index (Phi) is 4.73. The molecule has 3 nitrogen and oxygen atoms in total. The summed E-state index contributed by atoms with van der Waals surface area (Å²) in [5.74, 6) is 0.860. The lowest BCUT2D eigenvalue weighted by Gasteiger charge is -2.09. The Hall–Kier alpha value is -1.39. The first-order chi connectivity index (χ1) is 8.79. The minimum Gasteiger partial charge on any atom is -0.489 e. The Labute approximate surface area is 115 Å². The smallest absolute Gasteiger partial charge is 0.120 e. The average Bonchev–Trinajstić information content (AvgIpc) is 2.41. The van der Waals surface area contributed by atoms with Crippen LogP contribution in [0.5, 0.6) is 5.75 Å². The summed E-state index contributed by atoms with van der Waals surface area (Å²) in [5, 5.41) is 0. The molecule has 0 aliphatic carbocycles. The lowest BCUT2D eigenvalue weighted by molar-refractivity contribution is 0.305. The van der Waals surface area contributed by atoms with Crippen LogP contribution in [-0.2, 0) is 13.0 Å². The van der Waals surface area contributed by atoms with Crippen LogP contribution >= 0.6 is 15.9 Å². The van der Waals surface area contributed by atoms with Gasteiger partial charge in [-0.25, -0.2) is 0 Å². The zero-order valence-corrected chi connectivity index (χ0v) is 11.6. The van der Waals surface area contributed by atoms with Crippen LogP contribution in [0, 0.1) is 0 Å². The van der Waals surface area contributed by atoms with Gasteiger partial charge in [-0.15, -0.1) is 0 Å². The van der Waals surface area contributed by atoms with Crippen molar-refractivity contribution in [3.8, 4) is 5.75 Å².